The predicted molar refractivity (Wildman–Crippen MR) is 69.7 cm³/mol. The van der Waals surface area contributed by atoms with Crippen molar-refractivity contribution in [3.63, 3.8) is 0 Å². The van der Waals surface area contributed by atoms with E-state index in [1.54, 1.807) is 23.1 Å². The van der Waals surface area contributed by atoms with E-state index in [0.29, 0.717) is 24.4 Å². The van der Waals surface area contributed by atoms with Crippen LogP contribution in [0, 0.1) is 11.3 Å². The minimum atomic E-state index is -0.672. The van der Waals surface area contributed by atoms with Crippen LogP contribution in [0.3, 0.4) is 0 Å². The molecule has 0 radical (unpaired) electrons. The zero-order valence-corrected chi connectivity index (χ0v) is 11.1. The molecule has 0 spiro atoms. The van der Waals surface area contributed by atoms with Gasteiger partial charge in [-0.3, -0.25) is 0 Å². The van der Waals surface area contributed by atoms with Gasteiger partial charge in [0, 0.05) is 29.1 Å². The number of aliphatic hydroxyl groups is 1. The molecular formula is C11H16N2OS2. The molecule has 3 nitrogen and oxygen atoms in total. The Kier molecular flexibility index (Phi) is 5.29. The number of nitrogens with one attached hydrogen (secondary N) is 1. The molecule has 88 valence electrons. The third-order valence-corrected chi connectivity index (χ3v) is 3.89. The van der Waals surface area contributed by atoms with Crippen LogP contribution in [0.4, 0.5) is 0 Å². The molecule has 0 aliphatic rings. The first-order valence-electron chi connectivity index (χ1n) is 4.97. The Morgan fingerprint density at radius 2 is 2.44 bits per heavy atom. The van der Waals surface area contributed by atoms with E-state index in [0.717, 1.165) is 4.88 Å². The number of thiophene rings is 1. The van der Waals surface area contributed by atoms with Crippen LogP contribution in [0.25, 0.3) is 0 Å². The second kappa shape index (κ2) is 6.26. The second-order valence-electron chi connectivity index (χ2n) is 3.95. The lowest BCUT2D eigenvalue weighted by Crippen LogP contribution is -2.39. The molecule has 0 aliphatic heterocycles. The first kappa shape index (κ1) is 13.5. The van der Waals surface area contributed by atoms with Crippen LogP contribution in [0.2, 0.25) is 0 Å². The first-order chi connectivity index (χ1) is 7.57. The molecule has 1 rings (SSSR count). The quantitative estimate of drug-likeness (QED) is 0.815. The predicted octanol–water partition coefficient (Wildman–Crippen LogP) is 1.82. The maximum atomic E-state index is 9.91. The van der Waals surface area contributed by atoms with Gasteiger partial charge < -0.3 is 10.4 Å². The van der Waals surface area contributed by atoms with Crippen molar-refractivity contribution in [3.8, 4) is 6.07 Å². The van der Waals surface area contributed by atoms with Crippen LogP contribution < -0.4 is 5.32 Å². The smallest absolute Gasteiger partial charge is 0.100 e. The van der Waals surface area contributed by atoms with Gasteiger partial charge >= 0.3 is 0 Å². The molecule has 0 amide bonds. The molecule has 0 saturated carbocycles. The van der Waals surface area contributed by atoms with Gasteiger partial charge in [-0.1, -0.05) is 0 Å². The van der Waals surface area contributed by atoms with Crippen LogP contribution >= 0.6 is 23.1 Å². The number of nitrogens with zero attached hydrogens (tertiary/aromatic N) is 1. The maximum Gasteiger partial charge on any atom is 0.100 e. The summed E-state index contributed by atoms with van der Waals surface area (Å²) >= 11 is 3.20. The fraction of sp³-hybridized carbons (Fsp3) is 0.545. The Labute approximate surface area is 104 Å². The van der Waals surface area contributed by atoms with Crippen molar-refractivity contribution in [2.75, 3.05) is 18.6 Å². The SMILES string of the molecule is CSCC(C)(O)CNCc1cc(C#N)cs1. The standard InChI is InChI=1S/C11H16N2OS2/c1-11(14,8-15-2)7-13-5-10-3-9(4-12)6-16-10/h3,6,13-14H,5,7-8H2,1-2H3. The molecule has 5 heteroatoms. The third kappa shape index (κ3) is 4.54. The average Bonchev–Trinajstić information content (AvgIpc) is 2.65. The average molecular weight is 256 g/mol. The highest BCUT2D eigenvalue weighted by Gasteiger charge is 2.18. The van der Waals surface area contributed by atoms with Gasteiger partial charge in [-0.2, -0.15) is 17.0 Å². The summed E-state index contributed by atoms with van der Waals surface area (Å²) in [5.74, 6) is 0.716. The van der Waals surface area contributed by atoms with Crippen LogP contribution in [0.5, 0.6) is 0 Å². The molecule has 2 N–H and O–H groups in total. The molecule has 0 fully saturated rings. The fourth-order valence-electron chi connectivity index (χ4n) is 1.35. The molecule has 16 heavy (non-hydrogen) atoms. The second-order valence-corrected chi connectivity index (χ2v) is 5.81. The molecule has 1 atom stereocenters. The van der Waals surface area contributed by atoms with Gasteiger partial charge in [-0.25, -0.2) is 0 Å². The third-order valence-electron chi connectivity index (χ3n) is 2.04. The highest BCUT2D eigenvalue weighted by Crippen LogP contribution is 2.14. The van der Waals surface area contributed by atoms with Crippen molar-refractivity contribution < 1.29 is 5.11 Å². The zero-order chi connectivity index (χ0) is 12.0. The summed E-state index contributed by atoms with van der Waals surface area (Å²) < 4.78 is 0. The van der Waals surface area contributed by atoms with Crippen LogP contribution in [0.15, 0.2) is 11.4 Å². The summed E-state index contributed by atoms with van der Waals surface area (Å²) in [5, 5.41) is 23.6. The normalized spacial score (nSPS) is 14.4. The maximum absolute atomic E-state index is 9.91. The largest absolute Gasteiger partial charge is 0.388 e. The monoisotopic (exact) mass is 256 g/mol. The van der Waals surface area contributed by atoms with Gasteiger partial charge in [0.25, 0.3) is 0 Å². The van der Waals surface area contributed by atoms with Gasteiger partial charge in [0.15, 0.2) is 0 Å². The number of rotatable bonds is 6. The van der Waals surface area contributed by atoms with E-state index < -0.39 is 5.60 Å². The minimum absolute atomic E-state index is 0.563. The van der Waals surface area contributed by atoms with Crippen molar-refractivity contribution in [2.45, 2.75) is 19.1 Å². The molecule has 1 aromatic rings. The van der Waals surface area contributed by atoms with Gasteiger partial charge in [0.1, 0.15) is 6.07 Å². The summed E-state index contributed by atoms with van der Waals surface area (Å²) in [6, 6.07) is 3.98. The molecule has 0 saturated heterocycles. The van der Waals surface area contributed by atoms with E-state index in [1.165, 1.54) is 0 Å². The minimum Gasteiger partial charge on any atom is -0.388 e. The van der Waals surface area contributed by atoms with E-state index >= 15 is 0 Å². The Balaban J connectivity index is 2.33. The van der Waals surface area contributed by atoms with Crippen molar-refractivity contribution in [1.29, 1.82) is 5.26 Å². The van der Waals surface area contributed by atoms with E-state index in [-0.39, 0.29) is 0 Å². The lowest BCUT2D eigenvalue weighted by atomic mass is 10.1. The molecular weight excluding hydrogens is 240 g/mol. The summed E-state index contributed by atoms with van der Waals surface area (Å²) in [7, 11) is 0. The number of nitriles is 1. The summed E-state index contributed by atoms with van der Waals surface area (Å²) in [5.41, 5.74) is 0.0343. The highest BCUT2D eigenvalue weighted by molar-refractivity contribution is 7.98. The van der Waals surface area contributed by atoms with E-state index in [9.17, 15) is 5.11 Å². The first-order valence-corrected chi connectivity index (χ1v) is 7.24. The number of hydrogen-bond acceptors (Lipinski definition) is 5. The Morgan fingerprint density at radius 3 is 3.00 bits per heavy atom. The lowest BCUT2D eigenvalue weighted by molar-refractivity contribution is 0.0846. The topological polar surface area (TPSA) is 56.0 Å². The molecule has 1 heterocycles. The van der Waals surface area contributed by atoms with Crippen molar-refractivity contribution in [1.82, 2.24) is 5.32 Å². The van der Waals surface area contributed by atoms with Gasteiger partial charge in [-0.15, -0.1) is 11.3 Å². The molecule has 0 bridgehead atoms. The van der Waals surface area contributed by atoms with Crippen LogP contribution in [-0.4, -0.2) is 29.3 Å². The van der Waals surface area contributed by atoms with Crippen LogP contribution in [-0.2, 0) is 6.54 Å². The van der Waals surface area contributed by atoms with Gasteiger partial charge in [-0.05, 0) is 19.2 Å². The summed E-state index contributed by atoms with van der Waals surface area (Å²) in [6.07, 6.45) is 1.98. The van der Waals surface area contributed by atoms with E-state index in [2.05, 4.69) is 11.4 Å². The number of thioether (sulfide) groups is 1. The van der Waals surface area contributed by atoms with Gasteiger partial charge in [0.05, 0.1) is 11.2 Å². The van der Waals surface area contributed by atoms with Crippen molar-refractivity contribution in [3.05, 3.63) is 21.9 Å². The van der Waals surface area contributed by atoms with E-state index in [1.807, 2.05) is 24.6 Å². The Hall–Kier alpha value is -0.540. The summed E-state index contributed by atoms with van der Waals surface area (Å²) in [4.78, 5) is 1.12. The fourth-order valence-corrected chi connectivity index (χ4v) is 2.85. The number of hydrogen-bond donors (Lipinski definition) is 2. The van der Waals surface area contributed by atoms with Crippen molar-refractivity contribution in [2.24, 2.45) is 0 Å². The lowest BCUT2D eigenvalue weighted by Gasteiger charge is -2.22. The molecule has 1 unspecified atom stereocenters. The Morgan fingerprint density at radius 1 is 1.69 bits per heavy atom. The zero-order valence-electron chi connectivity index (χ0n) is 9.49. The van der Waals surface area contributed by atoms with Gasteiger partial charge in [0.2, 0.25) is 0 Å². The summed E-state index contributed by atoms with van der Waals surface area (Å²) in [6.45, 7) is 3.09. The molecule has 0 aromatic carbocycles. The Bertz CT molecular complexity index is 368. The highest BCUT2D eigenvalue weighted by atomic mass is 32.2. The molecule has 0 aliphatic carbocycles. The molecule has 1 aromatic heterocycles. The van der Waals surface area contributed by atoms with Crippen LogP contribution in [0.1, 0.15) is 17.4 Å². The van der Waals surface area contributed by atoms with Crippen molar-refractivity contribution >= 4 is 23.1 Å². The van der Waals surface area contributed by atoms with E-state index in [4.69, 9.17) is 5.26 Å².